The van der Waals surface area contributed by atoms with Gasteiger partial charge in [0.2, 0.25) is 0 Å². The van der Waals surface area contributed by atoms with Gasteiger partial charge in [0.15, 0.2) is 0 Å². The Kier molecular flexibility index (Phi) is 6.79. The first-order valence-corrected chi connectivity index (χ1v) is 9.17. The maximum Gasteiger partial charge on any atom is 0.146 e. The normalized spacial score (nSPS) is 38.1. The van der Waals surface area contributed by atoms with Crippen LogP contribution in [0, 0.1) is 11.8 Å². The summed E-state index contributed by atoms with van der Waals surface area (Å²) >= 11 is 3.69. The Bertz CT molecular complexity index is 267. The van der Waals surface area contributed by atoms with Crippen LogP contribution >= 0.6 is 23.5 Å². The summed E-state index contributed by atoms with van der Waals surface area (Å²) < 4.78 is 10.7. The lowest BCUT2D eigenvalue weighted by atomic mass is 9.84. The van der Waals surface area contributed by atoms with Gasteiger partial charge < -0.3 is 19.7 Å². The lowest BCUT2D eigenvalue weighted by Gasteiger charge is -2.40. The second kappa shape index (κ2) is 8.10. The van der Waals surface area contributed by atoms with Gasteiger partial charge in [-0.15, -0.1) is 0 Å². The van der Waals surface area contributed by atoms with Crippen molar-refractivity contribution in [2.75, 3.05) is 36.9 Å². The molecule has 0 spiro atoms. The van der Waals surface area contributed by atoms with E-state index < -0.39 is 6.10 Å². The molecule has 5 atom stereocenters. The summed E-state index contributed by atoms with van der Waals surface area (Å²) in [7, 11) is 1.62. The molecule has 2 aliphatic rings. The van der Waals surface area contributed by atoms with Crippen LogP contribution in [0.15, 0.2) is 0 Å². The fourth-order valence-electron chi connectivity index (χ4n) is 2.81. The van der Waals surface area contributed by atoms with Crippen LogP contribution in [0.5, 0.6) is 0 Å². The molecule has 2 N–H and O–H groups in total. The fourth-order valence-corrected chi connectivity index (χ4v) is 5.33. The topological polar surface area (TPSA) is 58.9 Å². The standard InChI is InChI=1S/C13H24O4S2/c1-16-8-17-12-3-5-19-7-10(12)13(15)9-6-18-4-2-11(9)14/h9-15H,2-8H2,1H3/t9-,10-,11+,12-,13-/m0/s1. The zero-order valence-electron chi connectivity index (χ0n) is 11.4. The SMILES string of the molecule is COCO[C@H]1CCSC[C@@H]1[C@@H](O)[C@H]1CSCC[C@H]1O. The zero-order valence-corrected chi connectivity index (χ0v) is 13.0. The molecule has 0 aromatic rings. The minimum absolute atomic E-state index is 0.0175. The summed E-state index contributed by atoms with van der Waals surface area (Å²) in [6.07, 6.45) is 0.945. The minimum Gasteiger partial charge on any atom is -0.393 e. The van der Waals surface area contributed by atoms with Crippen LogP contribution in [0.3, 0.4) is 0 Å². The maximum atomic E-state index is 10.6. The molecule has 2 aliphatic heterocycles. The second-order valence-electron chi connectivity index (χ2n) is 5.22. The van der Waals surface area contributed by atoms with Crippen molar-refractivity contribution in [3.8, 4) is 0 Å². The highest BCUT2D eigenvalue weighted by molar-refractivity contribution is 7.99. The Hall–Kier alpha value is 0.540. The largest absolute Gasteiger partial charge is 0.393 e. The Balaban J connectivity index is 1.95. The molecule has 2 fully saturated rings. The highest BCUT2D eigenvalue weighted by atomic mass is 32.2. The number of hydrogen-bond acceptors (Lipinski definition) is 6. The number of ether oxygens (including phenoxy) is 2. The summed E-state index contributed by atoms with van der Waals surface area (Å²) in [5.41, 5.74) is 0. The van der Waals surface area contributed by atoms with E-state index in [1.54, 1.807) is 7.11 Å². The number of aliphatic hydroxyl groups excluding tert-OH is 2. The van der Waals surface area contributed by atoms with Crippen molar-refractivity contribution in [2.45, 2.75) is 31.2 Å². The minimum atomic E-state index is -0.475. The third-order valence-corrected chi connectivity index (χ3v) is 6.26. The van der Waals surface area contributed by atoms with E-state index in [4.69, 9.17) is 9.47 Å². The molecule has 19 heavy (non-hydrogen) atoms. The van der Waals surface area contributed by atoms with Crippen LogP contribution in [0.4, 0.5) is 0 Å². The van der Waals surface area contributed by atoms with Crippen LogP contribution in [0.25, 0.3) is 0 Å². The quantitative estimate of drug-likeness (QED) is 0.745. The molecular formula is C13H24O4S2. The van der Waals surface area contributed by atoms with E-state index in [0.29, 0.717) is 0 Å². The lowest BCUT2D eigenvalue weighted by molar-refractivity contribution is -0.119. The average Bonchev–Trinajstić information content (AvgIpc) is 2.45. The van der Waals surface area contributed by atoms with Crippen molar-refractivity contribution >= 4 is 23.5 Å². The van der Waals surface area contributed by atoms with Gasteiger partial charge in [-0.3, -0.25) is 0 Å². The molecule has 0 aromatic heterocycles. The van der Waals surface area contributed by atoms with Crippen LogP contribution in [-0.2, 0) is 9.47 Å². The number of hydrogen-bond donors (Lipinski definition) is 2. The molecule has 0 radical (unpaired) electrons. The third kappa shape index (κ3) is 4.25. The molecule has 0 bridgehead atoms. The summed E-state index contributed by atoms with van der Waals surface area (Å²) in [4.78, 5) is 0. The lowest BCUT2D eigenvalue weighted by Crippen LogP contribution is -2.47. The Morgan fingerprint density at radius 2 is 1.84 bits per heavy atom. The number of thioether (sulfide) groups is 2. The van der Waals surface area contributed by atoms with Gasteiger partial charge in [0.25, 0.3) is 0 Å². The van der Waals surface area contributed by atoms with Gasteiger partial charge in [-0.1, -0.05) is 0 Å². The highest BCUT2D eigenvalue weighted by Crippen LogP contribution is 2.35. The summed E-state index contributed by atoms with van der Waals surface area (Å²) in [6.45, 7) is 0.278. The first-order chi connectivity index (χ1) is 9.24. The highest BCUT2D eigenvalue weighted by Gasteiger charge is 2.39. The fraction of sp³-hybridized carbons (Fsp3) is 1.00. The molecular weight excluding hydrogens is 284 g/mol. The zero-order chi connectivity index (χ0) is 13.7. The van der Waals surface area contributed by atoms with Gasteiger partial charge >= 0.3 is 0 Å². The molecule has 2 saturated heterocycles. The Morgan fingerprint density at radius 3 is 2.53 bits per heavy atom. The van der Waals surface area contributed by atoms with E-state index in [9.17, 15) is 10.2 Å². The van der Waals surface area contributed by atoms with E-state index in [-0.39, 0.29) is 30.8 Å². The second-order valence-corrected chi connectivity index (χ2v) is 7.52. The summed E-state index contributed by atoms with van der Waals surface area (Å²) in [5, 5.41) is 20.7. The third-order valence-electron chi connectivity index (χ3n) is 3.97. The average molecular weight is 308 g/mol. The van der Waals surface area contributed by atoms with E-state index >= 15 is 0 Å². The molecule has 0 saturated carbocycles. The Labute approximate surface area is 123 Å². The van der Waals surface area contributed by atoms with Crippen LogP contribution in [-0.4, -0.2) is 65.4 Å². The number of rotatable bonds is 5. The predicted octanol–water partition coefficient (Wildman–Crippen LogP) is 1.20. The van der Waals surface area contributed by atoms with E-state index in [1.165, 1.54) is 0 Å². The van der Waals surface area contributed by atoms with Crippen molar-refractivity contribution < 1.29 is 19.7 Å². The van der Waals surface area contributed by atoms with Gasteiger partial charge in [-0.2, -0.15) is 23.5 Å². The summed E-state index contributed by atoms with van der Waals surface area (Å²) in [6, 6.07) is 0. The van der Waals surface area contributed by atoms with Crippen molar-refractivity contribution in [1.29, 1.82) is 0 Å². The molecule has 0 aromatic carbocycles. The van der Waals surface area contributed by atoms with Crippen LogP contribution in [0.1, 0.15) is 12.8 Å². The smallest absolute Gasteiger partial charge is 0.146 e. The van der Waals surface area contributed by atoms with Crippen LogP contribution in [0.2, 0.25) is 0 Å². The van der Waals surface area contributed by atoms with Gasteiger partial charge in [-0.05, 0) is 24.3 Å². The van der Waals surface area contributed by atoms with Gasteiger partial charge in [0.1, 0.15) is 6.79 Å². The molecule has 0 unspecified atom stereocenters. The first kappa shape index (κ1) is 15.9. The van der Waals surface area contributed by atoms with E-state index in [0.717, 1.165) is 35.9 Å². The van der Waals surface area contributed by atoms with Gasteiger partial charge in [0.05, 0.1) is 18.3 Å². The molecule has 0 aliphatic carbocycles. The van der Waals surface area contributed by atoms with E-state index in [1.807, 2.05) is 23.5 Å². The maximum absolute atomic E-state index is 10.6. The monoisotopic (exact) mass is 308 g/mol. The van der Waals surface area contributed by atoms with Crippen molar-refractivity contribution in [1.82, 2.24) is 0 Å². The summed E-state index contributed by atoms with van der Waals surface area (Å²) in [5.74, 6) is 3.90. The molecule has 2 rings (SSSR count). The van der Waals surface area contributed by atoms with Crippen molar-refractivity contribution in [3.05, 3.63) is 0 Å². The van der Waals surface area contributed by atoms with Gasteiger partial charge in [-0.25, -0.2) is 0 Å². The molecule has 4 nitrogen and oxygen atoms in total. The van der Waals surface area contributed by atoms with E-state index in [2.05, 4.69) is 0 Å². The molecule has 2 heterocycles. The molecule has 112 valence electrons. The van der Waals surface area contributed by atoms with Gasteiger partial charge in [0, 0.05) is 30.5 Å². The Morgan fingerprint density at radius 1 is 1.16 bits per heavy atom. The number of aliphatic hydroxyl groups is 2. The van der Waals surface area contributed by atoms with Crippen molar-refractivity contribution in [3.63, 3.8) is 0 Å². The molecule has 6 heteroatoms. The first-order valence-electron chi connectivity index (χ1n) is 6.86. The van der Waals surface area contributed by atoms with Crippen LogP contribution < -0.4 is 0 Å². The predicted molar refractivity (Wildman–Crippen MR) is 79.6 cm³/mol. The number of methoxy groups -OCH3 is 1. The van der Waals surface area contributed by atoms with Crippen molar-refractivity contribution in [2.24, 2.45) is 11.8 Å². The molecule has 0 amide bonds.